The van der Waals surface area contributed by atoms with Gasteiger partial charge in [-0.3, -0.25) is 9.48 Å². The number of hydrogen-bond acceptors (Lipinski definition) is 7. The molecule has 1 atom stereocenters. The van der Waals surface area contributed by atoms with Crippen molar-refractivity contribution in [1.29, 1.82) is 0 Å². The standard InChI is InChI=1S/C30H26F4N6O3S/c1-4-24(41)38-15-19-11-22(37-39(19)13-16(38)2)28-26(25-21(32)9-18(31)10-23(25)43-7-6-42-3)29-20(5-8-44-29)27(36-28)17-12-35-40(14-17)30(33)34/h4-5,8-12,14,16,30H,1,6-7,13,15H2,2-3H3. The number of hydrogen-bond donors (Lipinski definition) is 0. The molecule has 14 heteroatoms. The lowest BCUT2D eigenvalue weighted by Gasteiger charge is -2.33. The number of carbonyl (C=O) groups is 1. The molecular formula is C30H26F4N6O3S. The number of pyridine rings is 1. The lowest BCUT2D eigenvalue weighted by molar-refractivity contribution is -0.129. The number of amides is 1. The number of benzene rings is 1. The van der Waals surface area contributed by atoms with Crippen molar-refractivity contribution in [2.24, 2.45) is 0 Å². The number of carbonyl (C=O) groups excluding carboxylic acids is 1. The molecule has 228 valence electrons. The van der Waals surface area contributed by atoms with E-state index in [1.165, 1.54) is 36.9 Å². The first-order valence-electron chi connectivity index (χ1n) is 13.5. The van der Waals surface area contributed by atoms with Crippen LogP contribution in [0.3, 0.4) is 0 Å². The first-order valence-corrected chi connectivity index (χ1v) is 14.4. The van der Waals surface area contributed by atoms with Gasteiger partial charge in [-0.2, -0.15) is 19.0 Å². The predicted octanol–water partition coefficient (Wildman–Crippen LogP) is 6.31. The molecule has 1 unspecified atom stereocenters. The lowest BCUT2D eigenvalue weighted by Crippen LogP contribution is -2.44. The number of thiophene rings is 1. The average Bonchev–Trinajstić information content (AvgIpc) is 3.76. The van der Waals surface area contributed by atoms with Crippen LogP contribution in [0.5, 0.6) is 5.75 Å². The third kappa shape index (κ3) is 5.24. The van der Waals surface area contributed by atoms with Gasteiger partial charge in [0.2, 0.25) is 5.91 Å². The van der Waals surface area contributed by atoms with Gasteiger partial charge in [0.25, 0.3) is 0 Å². The molecule has 0 N–H and O–H groups in total. The minimum absolute atomic E-state index is 0.0253. The molecule has 0 saturated carbocycles. The molecule has 1 amide bonds. The number of fused-ring (bicyclic) bond motifs is 2. The van der Waals surface area contributed by atoms with Crippen molar-refractivity contribution in [3.8, 4) is 39.5 Å². The van der Waals surface area contributed by atoms with Crippen molar-refractivity contribution in [3.05, 3.63) is 72.0 Å². The van der Waals surface area contributed by atoms with Crippen LogP contribution in [0.25, 0.3) is 43.9 Å². The molecule has 0 spiro atoms. The highest BCUT2D eigenvalue weighted by molar-refractivity contribution is 7.18. The van der Waals surface area contributed by atoms with Gasteiger partial charge in [-0.15, -0.1) is 11.3 Å². The predicted molar refractivity (Wildman–Crippen MR) is 156 cm³/mol. The van der Waals surface area contributed by atoms with Crippen LogP contribution in [-0.4, -0.2) is 61.7 Å². The number of halogens is 4. The molecule has 0 saturated heterocycles. The van der Waals surface area contributed by atoms with Gasteiger partial charge in [0.15, 0.2) is 0 Å². The highest BCUT2D eigenvalue weighted by atomic mass is 32.1. The number of methoxy groups -OCH3 is 1. The first-order chi connectivity index (χ1) is 21.2. The van der Waals surface area contributed by atoms with Crippen molar-refractivity contribution in [2.45, 2.75) is 32.6 Å². The smallest absolute Gasteiger partial charge is 0.333 e. The summed E-state index contributed by atoms with van der Waals surface area (Å²) in [6.07, 6.45) is 3.72. The number of nitrogens with zero attached hydrogens (tertiary/aromatic N) is 6. The Balaban J connectivity index is 1.61. The third-order valence-corrected chi connectivity index (χ3v) is 8.29. The molecule has 1 aromatic carbocycles. The molecule has 4 aromatic heterocycles. The molecule has 6 rings (SSSR count). The molecule has 5 heterocycles. The summed E-state index contributed by atoms with van der Waals surface area (Å²) in [6, 6.07) is 5.18. The van der Waals surface area contributed by atoms with Crippen LogP contribution < -0.4 is 4.74 Å². The Morgan fingerprint density at radius 1 is 1.20 bits per heavy atom. The van der Waals surface area contributed by atoms with Crippen LogP contribution in [0.2, 0.25) is 0 Å². The maximum Gasteiger partial charge on any atom is 0.333 e. The van der Waals surface area contributed by atoms with E-state index in [1.807, 2.05) is 6.92 Å². The van der Waals surface area contributed by atoms with Crippen molar-refractivity contribution in [2.75, 3.05) is 20.3 Å². The Bertz CT molecular complexity index is 1880. The van der Waals surface area contributed by atoms with Gasteiger partial charge in [0.05, 0.1) is 42.8 Å². The van der Waals surface area contributed by atoms with E-state index in [4.69, 9.17) is 19.6 Å². The molecule has 1 aliphatic heterocycles. The Morgan fingerprint density at radius 3 is 2.75 bits per heavy atom. The highest BCUT2D eigenvalue weighted by Gasteiger charge is 2.30. The van der Waals surface area contributed by atoms with Crippen LogP contribution in [0.4, 0.5) is 17.6 Å². The topological polar surface area (TPSA) is 87.3 Å². The van der Waals surface area contributed by atoms with Crippen LogP contribution >= 0.6 is 11.3 Å². The second-order valence-corrected chi connectivity index (χ2v) is 11.1. The summed E-state index contributed by atoms with van der Waals surface area (Å²) >= 11 is 1.28. The van der Waals surface area contributed by atoms with Gasteiger partial charge >= 0.3 is 6.55 Å². The summed E-state index contributed by atoms with van der Waals surface area (Å²) in [5, 5.41) is 10.9. The van der Waals surface area contributed by atoms with E-state index in [9.17, 15) is 18.0 Å². The molecule has 0 aliphatic carbocycles. The Hall–Kier alpha value is -4.56. The third-order valence-electron chi connectivity index (χ3n) is 7.36. The highest BCUT2D eigenvalue weighted by Crippen LogP contribution is 2.47. The number of aromatic nitrogens is 5. The minimum atomic E-state index is -2.86. The van der Waals surface area contributed by atoms with Gasteiger partial charge in [0, 0.05) is 52.7 Å². The van der Waals surface area contributed by atoms with Crippen molar-refractivity contribution < 1.29 is 31.8 Å². The molecule has 5 aromatic rings. The fourth-order valence-corrected chi connectivity index (χ4v) is 6.27. The fraction of sp³-hybridized carbons (Fsp3) is 0.267. The summed E-state index contributed by atoms with van der Waals surface area (Å²) in [6.45, 7) is 3.46. The summed E-state index contributed by atoms with van der Waals surface area (Å²) < 4.78 is 70.9. The van der Waals surface area contributed by atoms with Crippen molar-refractivity contribution in [3.63, 3.8) is 0 Å². The quantitative estimate of drug-likeness (QED) is 0.108. The Kier molecular flexibility index (Phi) is 7.95. The van der Waals surface area contributed by atoms with Crippen molar-refractivity contribution in [1.82, 2.24) is 29.4 Å². The van der Waals surface area contributed by atoms with E-state index >= 15 is 4.39 Å². The number of rotatable bonds is 9. The van der Waals surface area contributed by atoms with Crippen LogP contribution in [0, 0.1) is 11.6 Å². The van der Waals surface area contributed by atoms with E-state index in [2.05, 4.69) is 11.7 Å². The summed E-state index contributed by atoms with van der Waals surface area (Å²) in [4.78, 5) is 19.0. The maximum atomic E-state index is 15.9. The molecule has 1 aliphatic rings. The first kappa shape index (κ1) is 29.5. The summed E-state index contributed by atoms with van der Waals surface area (Å²) in [5.74, 6) is -2.00. The molecule has 44 heavy (non-hydrogen) atoms. The van der Waals surface area contributed by atoms with Gasteiger partial charge in [0.1, 0.15) is 35.4 Å². The van der Waals surface area contributed by atoms with Gasteiger partial charge in [-0.1, -0.05) is 6.58 Å². The molecule has 9 nitrogen and oxygen atoms in total. The zero-order chi connectivity index (χ0) is 31.1. The maximum absolute atomic E-state index is 15.9. The summed E-state index contributed by atoms with van der Waals surface area (Å²) in [7, 11) is 1.48. The molecule has 0 bridgehead atoms. The van der Waals surface area contributed by atoms with Gasteiger partial charge in [-0.05, 0) is 30.5 Å². The normalized spacial score (nSPS) is 14.8. The largest absolute Gasteiger partial charge is 0.490 e. The van der Waals surface area contributed by atoms with E-state index in [0.29, 0.717) is 49.5 Å². The van der Waals surface area contributed by atoms with Crippen LogP contribution in [0.15, 0.2) is 54.7 Å². The SMILES string of the molecule is C=CC(=O)N1Cc2cc(-c3nc(-c4cnn(C(F)F)c4)c4ccsc4c3-c3c(F)cc(F)cc3OCCOC)nn2CC1C. The molecular weight excluding hydrogens is 600 g/mol. The zero-order valence-corrected chi connectivity index (χ0v) is 24.5. The zero-order valence-electron chi connectivity index (χ0n) is 23.6. The second-order valence-electron chi connectivity index (χ2n) is 10.2. The second kappa shape index (κ2) is 11.8. The lowest BCUT2D eigenvalue weighted by atomic mass is 9.97. The monoisotopic (exact) mass is 626 g/mol. The van der Waals surface area contributed by atoms with E-state index in [-0.39, 0.29) is 48.7 Å². The summed E-state index contributed by atoms with van der Waals surface area (Å²) in [5.41, 5.74) is 2.19. The average molecular weight is 627 g/mol. The molecule has 0 fully saturated rings. The number of ether oxygens (including phenoxy) is 2. The Morgan fingerprint density at radius 2 is 2.02 bits per heavy atom. The van der Waals surface area contributed by atoms with E-state index in [0.717, 1.165) is 12.1 Å². The van der Waals surface area contributed by atoms with Gasteiger partial charge < -0.3 is 14.4 Å². The van der Waals surface area contributed by atoms with Gasteiger partial charge in [-0.25, -0.2) is 18.4 Å². The molecule has 0 radical (unpaired) electrons. The fourth-order valence-electron chi connectivity index (χ4n) is 5.32. The Labute approximate surface area is 252 Å². The van der Waals surface area contributed by atoms with E-state index in [1.54, 1.807) is 27.1 Å². The van der Waals surface area contributed by atoms with E-state index < -0.39 is 18.2 Å². The van der Waals surface area contributed by atoms with Crippen LogP contribution in [0.1, 0.15) is 19.2 Å². The van der Waals surface area contributed by atoms with Crippen molar-refractivity contribution >= 4 is 27.3 Å². The number of alkyl halides is 2. The van der Waals surface area contributed by atoms with Crippen LogP contribution in [-0.2, 0) is 22.6 Å². The minimum Gasteiger partial charge on any atom is -0.490 e.